The number of rotatable bonds is 5. The molecule has 2 heterocycles. The number of hydrogen-bond acceptors (Lipinski definition) is 4. The van der Waals surface area contributed by atoms with E-state index in [0.717, 1.165) is 40.0 Å². The predicted octanol–water partition coefficient (Wildman–Crippen LogP) is 4.91. The Hall–Kier alpha value is -3.23. The number of carbonyl (C=O) groups is 1. The second-order valence-corrected chi connectivity index (χ2v) is 11.3. The quantitative estimate of drug-likeness (QED) is 0.398. The van der Waals surface area contributed by atoms with Crippen LogP contribution in [0.25, 0.3) is 10.2 Å². The molecule has 0 saturated carbocycles. The van der Waals surface area contributed by atoms with E-state index in [9.17, 15) is 13.2 Å². The summed E-state index contributed by atoms with van der Waals surface area (Å²) in [6, 6.07) is 19.8. The summed E-state index contributed by atoms with van der Waals surface area (Å²) in [5, 5.41) is 0. The monoisotopic (exact) mass is 491 g/mol. The molecule has 1 aliphatic rings. The lowest BCUT2D eigenvalue weighted by molar-refractivity contribution is 0.0997. The Morgan fingerprint density at radius 2 is 1.82 bits per heavy atom. The molecular weight excluding hydrogens is 466 g/mol. The maximum absolute atomic E-state index is 13.2. The first-order chi connectivity index (χ1) is 16.4. The molecule has 1 amide bonds. The minimum Gasteiger partial charge on any atom is -0.316 e. The van der Waals surface area contributed by atoms with Gasteiger partial charge in [-0.25, -0.2) is 8.42 Å². The number of thiazole rings is 1. The number of para-hydroxylation sites is 1. The SMILES string of the molecule is CCCn1c(=NC(=O)c2ccc(S(=O)(=O)N3CCc4ccccc43)cc2)sc2cc(C)ccc21. The average molecular weight is 492 g/mol. The van der Waals surface area contributed by atoms with Crippen molar-refractivity contribution in [3.8, 4) is 0 Å². The van der Waals surface area contributed by atoms with E-state index in [2.05, 4.69) is 34.7 Å². The third-order valence-corrected chi connectivity index (χ3v) is 8.89. The van der Waals surface area contributed by atoms with E-state index in [-0.39, 0.29) is 10.8 Å². The van der Waals surface area contributed by atoms with Gasteiger partial charge in [-0.2, -0.15) is 4.99 Å². The zero-order chi connectivity index (χ0) is 23.9. The molecule has 8 heteroatoms. The molecule has 0 fully saturated rings. The summed E-state index contributed by atoms with van der Waals surface area (Å²) in [7, 11) is -3.70. The highest BCUT2D eigenvalue weighted by Gasteiger charge is 2.30. The van der Waals surface area contributed by atoms with Crippen LogP contribution in [0.2, 0.25) is 0 Å². The van der Waals surface area contributed by atoms with E-state index in [1.54, 1.807) is 12.1 Å². The Morgan fingerprint density at radius 3 is 2.59 bits per heavy atom. The van der Waals surface area contributed by atoms with Crippen LogP contribution in [-0.2, 0) is 23.0 Å². The van der Waals surface area contributed by atoms with Gasteiger partial charge in [-0.15, -0.1) is 0 Å². The van der Waals surface area contributed by atoms with Gasteiger partial charge < -0.3 is 4.57 Å². The maximum atomic E-state index is 13.2. The highest BCUT2D eigenvalue weighted by molar-refractivity contribution is 7.92. The molecule has 0 atom stereocenters. The van der Waals surface area contributed by atoms with Gasteiger partial charge in [0, 0.05) is 18.7 Å². The first-order valence-electron chi connectivity index (χ1n) is 11.3. The fourth-order valence-corrected chi connectivity index (χ4v) is 6.97. The zero-order valence-electron chi connectivity index (χ0n) is 19.1. The van der Waals surface area contributed by atoms with E-state index in [4.69, 9.17) is 0 Å². The number of fused-ring (bicyclic) bond motifs is 2. The normalized spacial score (nSPS) is 14.1. The summed E-state index contributed by atoms with van der Waals surface area (Å²) >= 11 is 1.49. The van der Waals surface area contributed by atoms with Crippen molar-refractivity contribution in [2.75, 3.05) is 10.8 Å². The van der Waals surface area contributed by atoms with Crippen LogP contribution >= 0.6 is 11.3 Å². The Bertz CT molecular complexity index is 1570. The molecule has 34 heavy (non-hydrogen) atoms. The van der Waals surface area contributed by atoms with Crippen LogP contribution in [0.5, 0.6) is 0 Å². The molecule has 0 aliphatic carbocycles. The molecule has 174 valence electrons. The van der Waals surface area contributed by atoms with Crippen molar-refractivity contribution in [1.82, 2.24) is 4.57 Å². The Balaban J connectivity index is 1.46. The number of amides is 1. The number of sulfonamides is 1. The number of aryl methyl sites for hydroxylation is 2. The Kier molecular flexibility index (Phi) is 5.87. The molecular formula is C26H25N3O3S2. The Morgan fingerprint density at radius 1 is 1.06 bits per heavy atom. The van der Waals surface area contributed by atoms with Gasteiger partial charge in [-0.1, -0.05) is 42.5 Å². The van der Waals surface area contributed by atoms with E-state index in [0.29, 0.717) is 23.3 Å². The maximum Gasteiger partial charge on any atom is 0.279 e. The van der Waals surface area contributed by atoms with Crippen molar-refractivity contribution >= 4 is 43.2 Å². The number of aromatic nitrogens is 1. The van der Waals surface area contributed by atoms with Gasteiger partial charge in [-0.05, 0) is 73.4 Å². The van der Waals surface area contributed by atoms with Crippen molar-refractivity contribution in [3.63, 3.8) is 0 Å². The van der Waals surface area contributed by atoms with Crippen LogP contribution in [0, 0.1) is 6.92 Å². The fraction of sp³-hybridized carbons (Fsp3) is 0.231. The van der Waals surface area contributed by atoms with Crippen LogP contribution in [0.15, 0.2) is 76.6 Å². The summed E-state index contributed by atoms with van der Waals surface area (Å²) < 4.78 is 31.1. The molecule has 6 nitrogen and oxygen atoms in total. The Labute approximate surface area is 202 Å². The number of benzene rings is 3. The van der Waals surface area contributed by atoms with Crippen LogP contribution in [0.1, 0.15) is 34.8 Å². The smallest absolute Gasteiger partial charge is 0.279 e. The summed E-state index contributed by atoms with van der Waals surface area (Å²) in [5.74, 6) is -0.386. The number of nitrogens with zero attached hydrogens (tertiary/aromatic N) is 3. The van der Waals surface area contributed by atoms with Crippen LogP contribution in [0.3, 0.4) is 0 Å². The van der Waals surface area contributed by atoms with Crippen molar-refractivity contribution < 1.29 is 13.2 Å². The lowest BCUT2D eigenvalue weighted by Crippen LogP contribution is -2.29. The minimum absolute atomic E-state index is 0.166. The average Bonchev–Trinajstić information content (AvgIpc) is 3.41. The molecule has 0 saturated heterocycles. The second-order valence-electron chi connectivity index (χ2n) is 8.40. The highest BCUT2D eigenvalue weighted by atomic mass is 32.2. The van der Waals surface area contributed by atoms with Gasteiger partial charge >= 0.3 is 0 Å². The molecule has 0 N–H and O–H groups in total. The fourth-order valence-electron chi connectivity index (χ4n) is 4.31. The summed E-state index contributed by atoms with van der Waals surface area (Å²) in [5.41, 5.74) is 4.33. The largest absolute Gasteiger partial charge is 0.316 e. The third kappa shape index (κ3) is 3.97. The zero-order valence-corrected chi connectivity index (χ0v) is 20.7. The van der Waals surface area contributed by atoms with Crippen LogP contribution in [-0.4, -0.2) is 25.4 Å². The third-order valence-electron chi connectivity index (χ3n) is 6.02. The first kappa shape index (κ1) is 22.6. The molecule has 0 unspecified atom stereocenters. The van der Waals surface area contributed by atoms with Crippen LogP contribution in [0.4, 0.5) is 5.69 Å². The van der Waals surface area contributed by atoms with Crippen molar-refractivity contribution in [3.05, 3.63) is 88.2 Å². The molecule has 1 aliphatic heterocycles. The summed E-state index contributed by atoms with van der Waals surface area (Å²) in [6.07, 6.45) is 1.62. The second kappa shape index (κ2) is 8.85. The van der Waals surface area contributed by atoms with Crippen LogP contribution < -0.4 is 9.11 Å². The molecule has 0 bridgehead atoms. The van der Waals surface area contributed by atoms with Gasteiger partial charge in [0.2, 0.25) is 0 Å². The van der Waals surface area contributed by atoms with E-state index in [1.165, 1.54) is 27.8 Å². The van der Waals surface area contributed by atoms with Crippen molar-refractivity contribution in [1.29, 1.82) is 0 Å². The molecule has 5 rings (SSSR count). The molecule has 0 spiro atoms. The van der Waals surface area contributed by atoms with E-state index < -0.39 is 10.0 Å². The highest BCUT2D eigenvalue weighted by Crippen LogP contribution is 2.32. The van der Waals surface area contributed by atoms with Gasteiger partial charge in [0.25, 0.3) is 15.9 Å². The van der Waals surface area contributed by atoms with Gasteiger partial charge in [0.1, 0.15) is 0 Å². The van der Waals surface area contributed by atoms with E-state index >= 15 is 0 Å². The lowest BCUT2D eigenvalue weighted by atomic mass is 10.2. The van der Waals surface area contributed by atoms with Crippen molar-refractivity contribution in [2.45, 2.75) is 38.1 Å². The van der Waals surface area contributed by atoms with Gasteiger partial charge in [0.05, 0.1) is 20.8 Å². The lowest BCUT2D eigenvalue weighted by Gasteiger charge is -2.19. The van der Waals surface area contributed by atoms with Gasteiger partial charge in [0.15, 0.2) is 4.80 Å². The molecule has 0 radical (unpaired) electrons. The number of carbonyl (C=O) groups excluding carboxylic acids is 1. The van der Waals surface area contributed by atoms with E-state index in [1.807, 2.05) is 31.2 Å². The molecule has 4 aromatic rings. The first-order valence-corrected chi connectivity index (χ1v) is 13.5. The van der Waals surface area contributed by atoms with Crippen molar-refractivity contribution in [2.24, 2.45) is 4.99 Å². The summed E-state index contributed by atoms with van der Waals surface area (Å²) in [6.45, 7) is 5.32. The number of anilines is 1. The van der Waals surface area contributed by atoms with Gasteiger partial charge in [-0.3, -0.25) is 9.10 Å². The molecule has 1 aromatic heterocycles. The minimum atomic E-state index is -3.70. The topological polar surface area (TPSA) is 71.7 Å². The standard InChI is InChI=1S/C26H25N3O3S2/c1-3-15-28-23-13-8-18(2)17-24(23)33-26(28)27-25(30)20-9-11-21(12-10-20)34(31,32)29-16-14-19-6-4-5-7-22(19)29/h4-13,17H,3,14-16H2,1-2H3. The molecule has 3 aromatic carbocycles. The number of hydrogen-bond donors (Lipinski definition) is 0. The summed E-state index contributed by atoms with van der Waals surface area (Å²) in [4.78, 5) is 18.2. The predicted molar refractivity (Wildman–Crippen MR) is 136 cm³/mol.